The van der Waals surface area contributed by atoms with E-state index in [4.69, 9.17) is 0 Å². The fourth-order valence-corrected chi connectivity index (χ4v) is 1.75. The number of benzene rings is 1. The van der Waals surface area contributed by atoms with Crippen molar-refractivity contribution in [1.82, 2.24) is 4.90 Å². The van der Waals surface area contributed by atoms with Crippen LogP contribution < -0.4 is 0 Å². The Labute approximate surface area is 105 Å². The largest absolute Gasteiger partial charge is 0.302 e. The van der Waals surface area contributed by atoms with Crippen LogP contribution in [0.4, 0.5) is 0 Å². The first-order valence-electron chi connectivity index (χ1n) is 6.26. The Kier molecular flexibility index (Phi) is 5.36. The van der Waals surface area contributed by atoms with Gasteiger partial charge in [0.1, 0.15) is 5.78 Å². The second kappa shape index (κ2) is 6.55. The monoisotopic (exact) mass is 233 g/mol. The molecule has 0 saturated heterocycles. The highest BCUT2D eigenvalue weighted by atomic mass is 16.1. The van der Waals surface area contributed by atoms with E-state index in [9.17, 15) is 4.79 Å². The molecule has 0 aliphatic carbocycles. The van der Waals surface area contributed by atoms with Crippen LogP contribution in [0, 0.1) is 0 Å². The molecule has 0 aromatic heterocycles. The van der Waals surface area contributed by atoms with Gasteiger partial charge in [-0.2, -0.15) is 0 Å². The van der Waals surface area contributed by atoms with Crippen LogP contribution in [0.3, 0.4) is 0 Å². The summed E-state index contributed by atoms with van der Waals surface area (Å²) < 4.78 is 0. The molecule has 1 rings (SSSR count). The van der Waals surface area contributed by atoms with E-state index in [1.54, 1.807) is 6.92 Å². The summed E-state index contributed by atoms with van der Waals surface area (Å²) >= 11 is 0. The lowest BCUT2D eigenvalue weighted by Gasteiger charge is -2.16. The van der Waals surface area contributed by atoms with Crippen molar-refractivity contribution in [2.75, 3.05) is 13.6 Å². The molecule has 0 atom stereocenters. The van der Waals surface area contributed by atoms with Crippen molar-refractivity contribution in [1.29, 1.82) is 0 Å². The van der Waals surface area contributed by atoms with Gasteiger partial charge in [0.15, 0.2) is 0 Å². The molecule has 2 nitrogen and oxygen atoms in total. The van der Waals surface area contributed by atoms with Gasteiger partial charge in [0, 0.05) is 19.5 Å². The van der Waals surface area contributed by atoms with Crippen LogP contribution in [0.5, 0.6) is 0 Å². The molecular weight excluding hydrogens is 210 g/mol. The zero-order chi connectivity index (χ0) is 12.8. The lowest BCUT2D eigenvalue weighted by molar-refractivity contribution is -0.117. The van der Waals surface area contributed by atoms with E-state index >= 15 is 0 Å². The van der Waals surface area contributed by atoms with Gasteiger partial charge in [-0.25, -0.2) is 0 Å². The standard InChI is InChI=1S/C15H23NO/c1-12(2)15-7-5-14(6-8-15)11-16(4)10-9-13(3)17/h5-8,12H,9-11H2,1-4H3. The fourth-order valence-electron chi connectivity index (χ4n) is 1.75. The van der Waals surface area contributed by atoms with E-state index in [-0.39, 0.29) is 5.78 Å². The van der Waals surface area contributed by atoms with Gasteiger partial charge in [-0.05, 0) is 31.0 Å². The molecule has 0 saturated carbocycles. The van der Waals surface area contributed by atoms with Gasteiger partial charge >= 0.3 is 0 Å². The van der Waals surface area contributed by atoms with Gasteiger partial charge < -0.3 is 4.90 Å². The molecule has 0 spiro atoms. The van der Waals surface area contributed by atoms with Gasteiger partial charge in [-0.1, -0.05) is 38.1 Å². The average Bonchev–Trinajstić information content (AvgIpc) is 2.27. The van der Waals surface area contributed by atoms with Gasteiger partial charge in [0.2, 0.25) is 0 Å². The smallest absolute Gasteiger partial charge is 0.131 e. The van der Waals surface area contributed by atoms with Crippen molar-refractivity contribution in [2.45, 2.75) is 39.7 Å². The minimum Gasteiger partial charge on any atom is -0.302 e. The normalized spacial score (nSPS) is 11.2. The SMILES string of the molecule is CC(=O)CCN(C)Cc1ccc(C(C)C)cc1. The lowest BCUT2D eigenvalue weighted by atomic mass is 10.0. The number of hydrogen-bond donors (Lipinski definition) is 0. The van der Waals surface area contributed by atoms with Crippen molar-refractivity contribution in [3.63, 3.8) is 0 Å². The third-order valence-corrected chi connectivity index (χ3v) is 2.94. The van der Waals surface area contributed by atoms with Crippen LogP contribution in [0.15, 0.2) is 24.3 Å². The number of Topliss-reactive ketones (excluding diaryl/α,β-unsaturated/α-hetero) is 1. The second-order valence-corrected chi connectivity index (χ2v) is 5.09. The molecule has 0 N–H and O–H groups in total. The van der Waals surface area contributed by atoms with Gasteiger partial charge in [-0.3, -0.25) is 4.79 Å². The quantitative estimate of drug-likeness (QED) is 0.752. The first-order valence-corrected chi connectivity index (χ1v) is 6.26. The topological polar surface area (TPSA) is 20.3 Å². The van der Waals surface area contributed by atoms with Crippen LogP contribution >= 0.6 is 0 Å². The van der Waals surface area contributed by atoms with E-state index in [0.29, 0.717) is 12.3 Å². The minimum atomic E-state index is 0.256. The predicted octanol–water partition coefficient (Wildman–Crippen LogP) is 3.22. The van der Waals surface area contributed by atoms with Crippen molar-refractivity contribution in [3.05, 3.63) is 35.4 Å². The molecule has 1 aromatic carbocycles. The number of hydrogen-bond acceptors (Lipinski definition) is 2. The van der Waals surface area contributed by atoms with Crippen molar-refractivity contribution in [2.24, 2.45) is 0 Å². The molecule has 17 heavy (non-hydrogen) atoms. The summed E-state index contributed by atoms with van der Waals surface area (Å²) in [6, 6.07) is 8.75. The molecule has 0 bridgehead atoms. The van der Waals surface area contributed by atoms with Gasteiger partial charge in [0.05, 0.1) is 0 Å². The highest BCUT2D eigenvalue weighted by Crippen LogP contribution is 2.15. The molecule has 0 unspecified atom stereocenters. The summed E-state index contributed by atoms with van der Waals surface area (Å²) in [5, 5.41) is 0. The minimum absolute atomic E-state index is 0.256. The third kappa shape index (κ3) is 5.14. The molecule has 94 valence electrons. The molecule has 2 heteroatoms. The zero-order valence-corrected chi connectivity index (χ0v) is 11.4. The van der Waals surface area contributed by atoms with Gasteiger partial charge in [0.25, 0.3) is 0 Å². The summed E-state index contributed by atoms with van der Waals surface area (Å²) in [6.07, 6.45) is 0.639. The van der Waals surface area contributed by atoms with E-state index in [1.807, 2.05) is 0 Å². The highest BCUT2D eigenvalue weighted by Gasteiger charge is 2.03. The third-order valence-electron chi connectivity index (χ3n) is 2.94. The van der Waals surface area contributed by atoms with E-state index in [1.165, 1.54) is 11.1 Å². The summed E-state index contributed by atoms with van der Waals surface area (Å²) in [5.74, 6) is 0.839. The molecule has 0 heterocycles. The number of carbonyl (C=O) groups is 1. The highest BCUT2D eigenvalue weighted by molar-refractivity contribution is 5.75. The summed E-state index contributed by atoms with van der Waals surface area (Å²) in [7, 11) is 2.05. The Balaban J connectivity index is 2.48. The Morgan fingerprint density at radius 1 is 1.24 bits per heavy atom. The maximum Gasteiger partial charge on any atom is 0.131 e. The van der Waals surface area contributed by atoms with Crippen LogP contribution in [0.2, 0.25) is 0 Å². The Hall–Kier alpha value is -1.15. The molecule has 0 amide bonds. The fraction of sp³-hybridized carbons (Fsp3) is 0.533. The van der Waals surface area contributed by atoms with Crippen molar-refractivity contribution in [3.8, 4) is 0 Å². The van der Waals surface area contributed by atoms with E-state index < -0.39 is 0 Å². The number of nitrogens with zero attached hydrogens (tertiary/aromatic N) is 1. The molecular formula is C15H23NO. The van der Waals surface area contributed by atoms with Crippen LogP contribution in [-0.2, 0) is 11.3 Å². The van der Waals surface area contributed by atoms with Crippen LogP contribution in [0.25, 0.3) is 0 Å². The van der Waals surface area contributed by atoms with Gasteiger partial charge in [-0.15, -0.1) is 0 Å². The average molecular weight is 233 g/mol. The molecule has 0 fully saturated rings. The maximum absolute atomic E-state index is 10.9. The predicted molar refractivity (Wildman–Crippen MR) is 72.2 cm³/mol. The van der Waals surface area contributed by atoms with Crippen LogP contribution in [0.1, 0.15) is 44.2 Å². The summed E-state index contributed by atoms with van der Waals surface area (Å²) in [6.45, 7) is 7.79. The molecule has 0 aliphatic rings. The summed E-state index contributed by atoms with van der Waals surface area (Å²) in [4.78, 5) is 13.1. The first-order chi connectivity index (χ1) is 7.99. The second-order valence-electron chi connectivity index (χ2n) is 5.09. The molecule has 0 radical (unpaired) electrons. The first kappa shape index (κ1) is 13.9. The summed E-state index contributed by atoms with van der Waals surface area (Å²) in [5.41, 5.74) is 2.68. The molecule has 1 aromatic rings. The van der Waals surface area contributed by atoms with E-state index in [2.05, 4.69) is 50.1 Å². The van der Waals surface area contributed by atoms with E-state index in [0.717, 1.165) is 13.1 Å². The Morgan fingerprint density at radius 3 is 2.29 bits per heavy atom. The van der Waals surface area contributed by atoms with Crippen molar-refractivity contribution < 1.29 is 4.79 Å². The zero-order valence-electron chi connectivity index (χ0n) is 11.4. The van der Waals surface area contributed by atoms with Crippen molar-refractivity contribution >= 4 is 5.78 Å². The number of carbonyl (C=O) groups excluding carboxylic acids is 1. The number of rotatable bonds is 6. The van der Waals surface area contributed by atoms with Crippen LogP contribution in [-0.4, -0.2) is 24.3 Å². The Bertz CT molecular complexity index is 354. The number of ketones is 1. The lowest BCUT2D eigenvalue weighted by Crippen LogP contribution is -2.20. The molecule has 0 aliphatic heterocycles. The maximum atomic E-state index is 10.9. The Morgan fingerprint density at radius 2 is 1.82 bits per heavy atom.